The van der Waals surface area contributed by atoms with Crippen molar-refractivity contribution in [1.82, 2.24) is 9.88 Å². The molecule has 0 spiro atoms. The predicted octanol–water partition coefficient (Wildman–Crippen LogP) is 8.12. The van der Waals surface area contributed by atoms with Crippen LogP contribution in [0.25, 0.3) is 10.2 Å². The van der Waals surface area contributed by atoms with Gasteiger partial charge in [0.1, 0.15) is 16.9 Å². The molecule has 1 saturated heterocycles. The van der Waals surface area contributed by atoms with Gasteiger partial charge in [0, 0.05) is 11.4 Å². The van der Waals surface area contributed by atoms with Crippen molar-refractivity contribution in [2.24, 2.45) is 0 Å². The van der Waals surface area contributed by atoms with Crippen molar-refractivity contribution >= 4 is 102 Å². The SMILES string of the molecule is CC(=O)C(C(=O)OC(c1ccccc1)c1ccccc1)N1C[C@H](SSc2cccc3sc([C@@H](C)OC(=O)OCC(Cl)(Cl)Cl)nc23)C1=O. The Labute approximate surface area is 297 Å². The third kappa shape index (κ3) is 8.92. The molecular formula is C32H27Cl3N2O7S3. The third-order valence-electron chi connectivity index (χ3n) is 6.91. The number of halogens is 3. The summed E-state index contributed by atoms with van der Waals surface area (Å²) in [6.45, 7) is 2.65. The number of benzene rings is 3. The van der Waals surface area contributed by atoms with Gasteiger partial charge in [-0.1, -0.05) is 123 Å². The summed E-state index contributed by atoms with van der Waals surface area (Å²) >= 11 is 18.2. The van der Waals surface area contributed by atoms with Gasteiger partial charge >= 0.3 is 12.1 Å². The van der Waals surface area contributed by atoms with Crippen LogP contribution in [0.2, 0.25) is 0 Å². The normalized spacial score (nSPS) is 16.0. The summed E-state index contributed by atoms with van der Waals surface area (Å²) in [5, 5.41) is 0.0407. The highest BCUT2D eigenvalue weighted by Gasteiger charge is 2.47. The minimum atomic E-state index is -1.76. The van der Waals surface area contributed by atoms with Gasteiger partial charge in [0.15, 0.2) is 24.0 Å². The minimum absolute atomic E-state index is 0.191. The largest absolute Gasteiger partial charge is 0.509 e. The number of ether oxygens (including phenoxy) is 3. The number of esters is 1. The van der Waals surface area contributed by atoms with Crippen molar-refractivity contribution < 1.29 is 33.4 Å². The first kappa shape index (κ1) is 35.3. The van der Waals surface area contributed by atoms with Crippen LogP contribution in [0.4, 0.5) is 4.79 Å². The fraction of sp³-hybridized carbons (Fsp3) is 0.281. The van der Waals surface area contributed by atoms with Crippen molar-refractivity contribution in [2.45, 2.75) is 46.0 Å². The van der Waals surface area contributed by atoms with Gasteiger partial charge in [-0.25, -0.2) is 14.6 Å². The number of thiazole rings is 1. The molecule has 1 aromatic heterocycles. The number of β-lactam (4-membered cyclic amide) rings is 1. The van der Waals surface area contributed by atoms with Gasteiger partial charge in [-0.15, -0.1) is 11.3 Å². The second-order valence-corrected chi connectivity index (χ2v) is 16.4. The molecule has 15 heteroatoms. The lowest BCUT2D eigenvalue weighted by Crippen LogP contribution is -2.63. The van der Waals surface area contributed by atoms with Crippen LogP contribution in [0.15, 0.2) is 83.8 Å². The molecule has 1 aliphatic rings. The maximum atomic E-state index is 13.4. The van der Waals surface area contributed by atoms with Crippen LogP contribution in [0.3, 0.4) is 0 Å². The number of amides is 1. The number of hydrogen-bond donors (Lipinski definition) is 0. The van der Waals surface area contributed by atoms with E-state index in [-0.39, 0.29) is 12.5 Å². The molecule has 0 N–H and O–H groups in total. The number of likely N-dealkylation sites (tertiary alicyclic amines) is 1. The summed E-state index contributed by atoms with van der Waals surface area (Å²) in [6, 6.07) is 22.7. The van der Waals surface area contributed by atoms with Gasteiger partial charge in [0.25, 0.3) is 0 Å². The van der Waals surface area contributed by atoms with Crippen LogP contribution in [-0.2, 0) is 28.6 Å². The fourth-order valence-corrected chi connectivity index (χ4v) is 8.39. The molecule has 0 aliphatic carbocycles. The molecule has 47 heavy (non-hydrogen) atoms. The molecule has 0 radical (unpaired) electrons. The Morgan fingerprint density at radius 1 is 0.979 bits per heavy atom. The van der Waals surface area contributed by atoms with Crippen LogP contribution in [0.5, 0.6) is 0 Å². The number of rotatable bonds is 12. The Bertz CT molecular complexity index is 1720. The zero-order chi connectivity index (χ0) is 33.7. The lowest BCUT2D eigenvalue weighted by Gasteiger charge is -2.41. The second-order valence-electron chi connectivity index (χ2n) is 10.4. The summed E-state index contributed by atoms with van der Waals surface area (Å²) in [6.07, 6.45) is -2.47. The number of para-hydroxylation sites is 1. The topological polar surface area (TPSA) is 112 Å². The Kier molecular flexibility index (Phi) is 11.6. The number of carbonyl (C=O) groups excluding carboxylic acids is 4. The standard InChI is InChI=1S/C32H27Cl3N2O7S3/c1-18(38)26(30(40)44-27(20-10-5-3-6-11-20)21-12-7-4-8-13-21)37-16-24(29(37)39)47-46-23-15-9-14-22-25(23)36-28(45-22)19(2)43-31(41)42-17-32(33,34)35/h3-15,19,24,26-27H,16-17H2,1-2H3/t19-,24+,26?/m1/s1. The zero-order valence-electron chi connectivity index (χ0n) is 24.8. The molecule has 1 aliphatic heterocycles. The monoisotopic (exact) mass is 752 g/mol. The van der Waals surface area contributed by atoms with E-state index in [9.17, 15) is 19.2 Å². The lowest BCUT2D eigenvalue weighted by molar-refractivity contribution is -0.165. The molecular weight excluding hydrogens is 727 g/mol. The van der Waals surface area contributed by atoms with E-state index in [1.165, 1.54) is 44.7 Å². The Morgan fingerprint density at radius 3 is 2.19 bits per heavy atom. The number of hydrogen-bond acceptors (Lipinski definition) is 11. The van der Waals surface area contributed by atoms with Crippen molar-refractivity contribution in [2.75, 3.05) is 13.2 Å². The van der Waals surface area contributed by atoms with Crippen LogP contribution >= 0.6 is 67.7 Å². The zero-order valence-corrected chi connectivity index (χ0v) is 29.6. The van der Waals surface area contributed by atoms with E-state index in [1.807, 2.05) is 78.9 Å². The van der Waals surface area contributed by atoms with Crippen molar-refractivity contribution in [3.63, 3.8) is 0 Å². The quantitative estimate of drug-likeness (QED) is 0.0462. The summed E-state index contributed by atoms with van der Waals surface area (Å²) < 4.78 is 15.1. The second kappa shape index (κ2) is 15.5. The van der Waals surface area contributed by atoms with Crippen LogP contribution in [-0.4, -0.2) is 61.9 Å². The van der Waals surface area contributed by atoms with Crippen molar-refractivity contribution in [3.05, 3.63) is 95.0 Å². The van der Waals surface area contributed by atoms with Gasteiger partial charge in [-0.3, -0.25) is 9.59 Å². The predicted molar refractivity (Wildman–Crippen MR) is 185 cm³/mol. The molecule has 3 atom stereocenters. The first-order valence-electron chi connectivity index (χ1n) is 14.2. The average Bonchev–Trinajstić information content (AvgIpc) is 3.49. The molecule has 246 valence electrons. The molecule has 9 nitrogen and oxygen atoms in total. The molecule has 2 heterocycles. The van der Waals surface area contributed by atoms with E-state index in [2.05, 4.69) is 4.98 Å². The van der Waals surface area contributed by atoms with Gasteiger partial charge in [0.05, 0.1) is 10.2 Å². The summed E-state index contributed by atoms with van der Waals surface area (Å²) in [5.41, 5.74) is 2.17. The van der Waals surface area contributed by atoms with E-state index in [1.54, 1.807) is 6.92 Å². The molecule has 0 bridgehead atoms. The van der Waals surface area contributed by atoms with Crippen LogP contribution < -0.4 is 0 Å². The van der Waals surface area contributed by atoms with Crippen molar-refractivity contribution in [1.29, 1.82) is 0 Å². The Morgan fingerprint density at radius 2 is 1.62 bits per heavy atom. The highest BCUT2D eigenvalue weighted by molar-refractivity contribution is 8.77. The van der Waals surface area contributed by atoms with E-state index in [0.717, 1.165) is 20.7 Å². The number of aromatic nitrogens is 1. The van der Waals surface area contributed by atoms with E-state index in [0.29, 0.717) is 10.5 Å². The molecule has 1 amide bonds. The van der Waals surface area contributed by atoms with Gasteiger partial charge in [-0.2, -0.15) is 0 Å². The van der Waals surface area contributed by atoms with E-state index < -0.39 is 51.8 Å². The van der Waals surface area contributed by atoms with Gasteiger partial charge < -0.3 is 19.1 Å². The number of fused-ring (bicyclic) bond motifs is 1. The Balaban J connectivity index is 1.21. The number of Topliss-reactive ketones (excluding diaryl/α,β-unsaturated/α-hetero) is 1. The van der Waals surface area contributed by atoms with Crippen LogP contribution in [0.1, 0.15) is 42.2 Å². The molecule has 3 aromatic carbocycles. The molecule has 4 aromatic rings. The van der Waals surface area contributed by atoms with Gasteiger partial charge in [-0.05, 0) is 37.1 Å². The summed E-state index contributed by atoms with van der Waals surface area (Å²) in [4.78, 5) is 58.1. The van der Waals surface area contributed by atoms with E-state index >= 15 is 0 Å². The van der Waals surface area contributed by atoms with Crippen molar-refractivity contribution in [3.8, 4) is 0 Å². The molecule has 0 saturated carbocycles. The number of ketones is 1. The maximum Gasteiger partial charge on any atom is 0.509 e. The lowest BCUT2D eigenvalue weighted by atomic mass is 10.0. The number of alkyl halides is 3. The summed E-state index contributed by atoms with van der Waals surface area (Å²) in [7, 11) is 2.67. The fourth-order valence-electron chi connectivity index (χ4n) is 4.66. The first-order chi connectivity index (χ1) is 22.4. The highest BCUT2D eigenvalue weighted by Crippen LogP contribution is 2.43. The first-order valence-corrected chi connectivity index (χ1v) is 18.3. The smallest absolute Gasteiger partial charge is 0.451 e. The van der Waals surface area contributed by atoms with Crippen LogP contribution in [0, 0.1) is 0 Å². The van der Waals surface area contributed by atoms with E-state index in [4.69, 9.17) is 49.0 Å². The maximum absolute atomic E-state index is 13.4. The van der Waals surface area contributed by atoms with Gasteiger partial charge in [0.2, 0.25) is 9.70 Å². The number of nitrogens with zero attached hydrogens (tertiary/aromatic N) is 2. The Hall–Kier alpha value is -3.00. The average molecular weight is 754 g/mol. The molecule has 1 fully saturated rings. The minimum Gasteiger partial charge on any atom is -0.451 e. The highest BCUT2D eigenvalue weighted by atomic mass is 35.6. The number of carbonyl (C=O) groups is 4. The summed E-state index contributed by atoms with van der Waals surface area (Å²) in [5.74, 6) is -1.60. The third-order valence-corrected chi connectivity index (χ3v) is 11.1. The molecule has 5 rings (SSSR count). The molecule has 1 unspecified atom stereocenters.